The van der Waals surface area contributed by atoms with Gasteiger partial charge in [0.05, 0.1) is 16.4 Å². The van der Waals surface area contributed by atoms with Crippen molar-refractivity contribution < 1.29 is 4.39 Å². The quantitative estimate of drug-likeness (QED) is 0.855. The maximum absolute atomic E-state index is 13.9. The fourth-order valence-electron chi connectivity index (χ4n) is 2.02. The van der Waals surface area contributed by atoms with E-state index in [4.69, 9.17) is 29.6 Å². The zero-order valence-electron chi connectivity index (χ0n) is 10.9. The van der Waals surface area contributed by atoms with E-state index in [0.29, 0.717) is 22.8 Å². The Morgan fingerprint density at radius 3 is 2.50 bits per heavy atom. The molecule has 0 radical (unpaired) electrons. The Balaban J connectivity index is 2.48. The fourth-order valence-corrected chi connectivity index (χ4v) is 2.43. The third-order valence-electron chi connectivity index (χ3n) is 2.98. The van der Waals surface area contributed by atoms with E-state index in [9.17, 15) is 4.39 Å². The van der Waals surface area contributed by atoms with Crippen LogP contribution < -0.4 is 10.6 Å². The van der Waals surface area contributed by atoms with E-state index in [1.54, 1.807) is 41.3 Å². The number of anilines is 2. The number of para-hydroxylation sites is 1. The number of rotatable bonds is 4. The van der Waals surface area contributed by atoms with Crippen molar-refractivity contribution in [2.24, 2.45) is 5.73 Å². The monoisotopic (exact) mass is 308 g/mol. The van der Waals surface area contributed by atoms with Gasteiger partial charge in [-0.2, -0.15) is 0 Å². The van der Waals surface area contributed by atoms with Gasteiger partial charge in [0.2, 0.25) is 0 Å². The molecule has 0 aliphatic rings. The van der Waals surface area contributed by atoms with Crippen LogP contribution in [0.5, 0.6) is 0 Å². The summed E-state index contributed by atoms with van der Waals surface area (Å²) in [6, 6.07) is 11.9. The summed E-state index contributed by atoms with van der Waals surface area (Å²) in [6.07, 6.45) is 0. The molecule has 2 nitrogen and oxygen atoms in total. The van der Waals surface area contributed by atoms with Gasteiger partial charge in [0.25, 0.3) is 0 Å². The summed E-state index contributed by atoms with van der Waals surface area (Å²) < 4.78 is 13.9. The molecule has 0 heterocycles. The van der Waals surface area contributed by atoms with E-state index < -0.39 is 0 Å². The number of halogens is 2. The highest BCUT2D eigenvalue weighted by Gasteiger charge is 2.15. The lowest BCUT2D eigenvalue weighted by Crippen LogP contribution is -2.18. The molecule has 0 aliphatic heterocycles. The largest absolute Gasteiger partial charge is 0.389 e. The van der Waals surface area contributed by atoms with Crippen molar-refractivity contribution in [3.05, 3.63) is 58.9 Å². The third kappa shape index (κ3) is 2.92. The van der Waals surface area contributed by atoms with Gasteiger partial charge in [-0.25, -0.2) is 4.39 Å². The number of hydrogen-bond acceptors (Lipinski definition) is 2. The fraction of sp³-hybridized carbons (Fsp3) is 0.133. The van der Waals surface area contributed by atoms with Crippen molar-refractivity contribution in [2.75, 3.05) is 11.4 Å². The van der Waals surface area contributed by atoms with Crippen LogP contribution in [0.25, 0.3) is 0 Å². The molecule has 104 valence electrons. The molecule has 0 spiro atoms. The molecule has 0 saturated carbocycles. The molecule has 2 aromatic carbocycles. The average molecular weight is 309 g/mol. The molecule has 0 atom stereocenters. The number of nitrogens with two attached hydrogens (primary N) is 1. The number of nitrogens with zero attached hydrogens (tertiary/aromatic N) is 1. The molecule has 20 heavy (non-hydrogen) atoms. The Morgan fingerprint density at radius 2 is 1.95 bits per heavy atom. The Morgan fingerprint density at radius 1 is 1.25 bits per heavy atom. The van der Waals surface area contributed by atoms with Gasteiger partial charge >= 0.3 is 0 Å². The summed E-state index contributed by atoms with van der Waals surface area (Å²) in [4.78, 5) is 2.09. The van der Waals surface area contributed by atoms with Crippen LogP contribution in [0.3, 0.4) is 0 Å². The van der Waals surface area contributed by atoms with Gasteiger partial charge in [0.15, 0.2) is 0 Å². The van der Waals surface area contributed by atoms with E-state index in [0.717, 1.165) is 5.69 Å². The second-order valence-corrected chi connectivity index (χ2v) is 5.07. The molecular weight excluding hydrogens is 295 g/mol. The highest BCUT2D eigenvalue weighted by Crippen LogP contribution is 2.33. The summed E-state index contributed by atoms with van der Waals surface area (Å²) in [5.41, 5.74) is 7.48. The molecule has 0 aromatic heterocycles. The predicted octanol–water partition coefficient (Wildman–Crippen LogP) is 4.27. The van der Waals surface area contributed by atoms with Crippen molar-refractivity contribution in [3.63, 3.8) is 0 Å². The Bertz CT molecular complexity index is 646. The van der Waals surface area contributed by atoms with Crippen molar-refractivity contribution in [1.82, 2.24) is 0 Å². The Labute approximate surface area is 128 Å². The van der Waals surface area contributed by atoms with Crippen LogP contribution >= 0.6 is 23.8 Å². The van der Waals surface area contributed by atoms with Crippen LogP contribution in [0.4, 0.5) is 15.8 Å². The minimum Gasteiger partial charge on any atom is -0.389 e. The summed E-state index contributed by atoms with van der Waals surface area (Å²) >= 11 is 11.2. The van der Waals surface area contributed by atoms with Gasteiger partial charge in [-0.3, -0.25) is 0 Å². The van der Waals surface area contributed by atoms with Gasteiger partial charge in [0.1, 0.15) is 10.8 Å². The van der Waals surface area contributed by atoms with Gasteiger partial charge < -0.3 is 10.6 Å². The van der Waals surface area contributed by atoms with E-state index >= 15 is 0 Å². The van der Waals surface area contributed by atoms with Crippen LogP contribution in [0, 0.1) is 5.82 Å². The van der Waals surface area contributed by atoms with E-state index in [-0.39, 0.29) is 10.8 Å². The topological polar surface area (TPSA) is 29.3 Å². The molecule has 0 aliphatic carbocycles. The van der Waals surface area contributed by atoms with Crippen LogP contribution in [0.15, 0.2) is 42.5 Å². The van der Waals surface area contributed by atoms with E-state index in [1.807, 2.05) is 6.92 Å². The first-order chi connectivity index (χ1) is 9.54. The molecule has 0 amide bonds. The lowest BCUT2D eigenvalue weighted by Gasteiger charge is -2.25. The maximum atomic E-state index is 13.9. The van der Waals surface area contributed by atoms with Crippen LogP contribution in [-0.2, 0) is 0 Å². The molecule has 5 heteroatoms. The van der Waals surface area contributed by atoms with Crippen molar-refractivity contribution >= 4 is 40.2 Å². The number of thiocarbonyl (C=S) groups is 1. The van der Waals surface area contributed by atoms with Crippen LogP contribution in [0.2, 0.25) is 5.02 Å². The first kappa shape index (κ1) is 14.8. The summed E-state index contributed by atoms with van der Waals surface area (Å²) in [5.74, 6) is -0.288. The Kier molecular flexibility index (Phi) is 4.57. The zero-order chi connectivity index (χ0) is 14.7. The van der Waals surface area contributed by atoms with Crippen LogP contribution in [-0.4, -0.2) is 11.5 Å². The smallest absolute Gasteiger partial charge is 0.146 e. The second-order valence-electron chi connectivity index (χ2n) is 4.23. The molecule has 0 bridgehead atoms. The maximum Gasteiger partial charge on any atom is 0.146 e. The van der Waals surface area contributed by atoms with Crippen molar-refractivity contribution in [2.45, 2.75) is 6.92 Å². The minimum atomic E-state index is -0.288. The van der Waals surface area contributed by atoms with E-state index in [2.05, 4.69) is 0 Å². The first-order valence-corrected chi connectivity index (χ1v) is 6.94. The van der Waals surface area contributed by atoms with Gasteiger partial charge in [0, 0.05) is 12.1 Å². The summed E-state index contributed by atoms with van der Waals surface area (Å²) in [5, 5.41) is 0.486. The third-order valence-corrected chi connectivity index (χ3v) is 3.52. The highest BCUT2D eigenvalue weighted by molar-refractivity contribution is 7.80. The minimum absolute atomic E-state index is 0.285. The second kappa shape index (κ2) is 6.20. The molecule has 2 N–H and O–H groups in total. The van der Waals surface area contributed by atoms with Crippen molar-refractivity contribution in [1.29, 1.82) is 0 Å². The van der Waals surface area contributed by atoms with E-state index in [1.165, 1.54) is 6.07 Å². The first-order valence-electron chi connectivity index (χ1n) is 6.16. The summed E-state index contributed by atoms with van der Waals surface area (Å²) in [7, 11) is 0. The zero-order valence-corrected chi connectivity index (χ0v) is 12.5. The number of hydrogen-bond donors (Lipinski definition) is 1. The van der Waals surface area contributed by atoms with Crippen LogP contribution in [0.1, 0.15) is 12.5 Å². The SMILES string of the molecule is CCN(c1ccccc1F)c1ccc(C(N)=S)cc1Cl. The van der Waals surface area contributed by atoms with Gasteiger partial charge in [-0.1, -0.05) is 36.0 Å². The number of benzene rings is 2. The normalized spacial score (nSPS) is 10.3. The molecule has 0 unspecified atom stereocenters. The van der Waals surface area contributed by atoms with Crippen molar-refractivity contribution in [3.8, 4) is 0 Å². The molecular formula is C15H14ClFN2S. The van der Waals surface area contributed by atoms with Gasteiger partial charge in [-0.05, 0) is 37.3 Å². The Hall–Kier alpha value is -1.65. The lowest BCUT2D eigenvalue weighted by atomic mass is 10.1. The summed E-state index contributed by atoms with van der Waals surface area (Å²) in [6.45, 7) is 2.53. The lowest BCUT2D eigenvalue weighted by molar-refractivity contribution is 0.625. The van der Waals surface area contributed by atoms with Gasteiger partial charge in [-0.15, -0.1) is 0 Å². The molecule has 0 saturated heterocycles. The standard InChI is InChI=1S/C15H14ClFN2S/c1-2-19(14-6-4-3-5-12(14)17)13-8-7-10(15(18)20)9-11(13)16/h3-9H,2H2,1H3,(H2,18,20). The highest BCUT2D eigenvalue weighted by atomic mass is 35.5. The predicted molar refractivity (Wildman–Crippen MR) is 86.4 cm³/mol. The molecule has 0 fully saturated rings. The molecule has 2 rings (SSSR count). The molecule has 2 aromatic rings. The average Bonchev–Trinajstić information content (AvgIpc) is 2.43.